The van der Waals surface area contributed by atoms with Gasteiger partial charge in [-0.2, -0.15) is 0 Å². The predicted octanol–water partition coefficient (Wildman–Crippen LogP) is 4.49. The van der Waals surface area contributed by atoms with Gasteiger partial charge in [-0.1, -0.05) is 34.8 Å². The van der Waals surface area contributed by atoms with Gasteiger partial charge in [0.15, 0.2) is 5.69 Å². The Morgan fingerprint density at radius 2 is 1.88 bits per heavy atom. The summed E-state index contributed by atoms with van der Waals surface area (Å²) in [7, 11) is 1.79. The van der Waals surface area contributed by atoms with E-state index in [2.05, 4.69) is 50.3 Å². The van der Waals surface area contributed by atoms with Crippen molar-refractivity contribution in [1.29, 1.82) is 0 Å². The predicted molar refractivity (Wildman–Crippen MR) is 166 cm³/mol. The second-order valence-electron chi connectivity index (χ2n) is 11.5. The first-order valence-corrected chi connectivity index (χ1v) is 15.6. The fourth-order valence-corrected chi connectivity index (χ4v) is 6.58. The average Bonchev–Trinajstić information content (AvgIpc) is 3.29. The van der Waals surface area contributed by atoms with Crippen LogP contribution in [-0.4, -0.2) is 54.8 Å². The molecule has 1 aliphatic heterocycles. The number of fused-ring (bicyclic) bond motifs is 2. The molecule has 1 saturated carbocycles. The number of carbonyl (C=O) groups is 1. The molecule has 3 unspecified atom stereocenters. The number of rotatable bonds is 8. The van der Waals surface area contributed by atoms with E-state index in [1.807, 2.05) is 30.7 Å². The van der Waals surface area contributed by atoms with Crippen LogP contribution in [-0.2, 0) is 7.05 Å². The Morgan fingerprint density at radius 1 is 1.14 bits per heavy atom. The van der Waals surface area contributed by atoms with Crippen LogP contribution in [0.5, 0.6) is 0 Å². The first-order valence-electron chi connectivity index (χ1n) is 14.0. The van der Waals surface area contributed by atoms with Gasteiger partial charge < -0.3 is 10.2 Å². The topological polar surface area (TPSA) is 123 Å². The zero-order chi connectivity index (χ0) is 29.9. The quantitative estimate of drug-likeness (QED) is 0.220. The van der Waals surface area contributed by atoms with Crippen LogP contribution < -0.4 is 20.5 Å². The van der Waals surface area contributed by atoms with Crippen molar-refractivity contribution >= 4 is 52.0 Å². The van der Waals surface area contributed by atoms with Gasteiger partial charge in [0.2, 0.25) is 5.95 Å². The second kappa shape index (κ2) is 10.9. The Bertz CT molecular complexity index is 1740. The van der Waals surface area contributed by atoms with Gasteiger partial charge >= 0.3 is 0 Å². The number of anilines is 2. The van der Waals surface area contributed by atoms with E-state index in [1.54, 1.807) is 30.0 Å². The summed E-state index contributed by atoms with van der Waals surface area (Å²) in [5.74, 6) is 1.65. The fraction of sp³-hybridized carbons (Fsp3) is 0.448. The molecule has 13 heteroatoms. The number of pyridine rings is 1. The highest BCUT2D eigenvalue weighted by Crippen LogP contribution is 2.58. The van der Waals surface area contributed by atoms with Gasteiger partial charge in [-0.25, -0.2) is 14.6 Å². The van der Waals surface area contributed by atoms with E-state index in [1.165, 1.54) is 11.9 Å². The molecular weight excluding hydrogens is 574 g/mol. The molecule has 11 nitrogen and oxygen atoms in total. The number of piperidine rings is 1. The number of carbonyl (C=O) groups excluding carboxylic acids is 1. The van der Waals surface area contributed by atoms with E-state index in [0.29, 0.717) is 40.3 Å². The summed E-state index contributed by atoms with van der Waals surface area (Å²) in [5, 5.41) is 12.9. The van der Waals surface area contributed by atoms with Crippen molar-refractivity contribution in [2.45, 2.75) is 45.7 Å². The van der Waals surface area contributed by atoms with Crippen LogP contribution in [0, 0.1) is 18.8 Å². The number of nitrogens with zero attached hydrogens (tertiary/aromatic N) is 7. The van der Waals surface area contributed by atoms with E-state index >= 15 is 0 Å². The van der Waals surface area contributed by atoms with Gasteiger partial charge in [-0.15, -0.1) is 5.10 Å². The highest BCUT2D eigenvalue weighted by Gasteiger charge is 2.58. The normalized spacial score (nSPS) is 20.2. The summed E-state index contributed by atoms with van der Waals surface area (Å²) in [6, 6.07) is 7.30. The van der Waals surface area contributed by atoms with Crippen molar-refractivity contribution in [3.05, 3.63) is 68.5 Å². The highest BCUT2D eigenvalue weighted by atomic mass is 35.5. The van der Waals surface area contributed by atoms with E-state index in [4.69, 9.17) is 16.6 Å². The Hall–Kier alpha value is -3.64. The molecule has 1 amide bonds. The molecule has 0 radical (unpaired) electrons. The first-order chi connectivity index (χ1) is 20.1. The Balaban J connectivity index is 1.31. The number of nitrogens with one attached hydrogen (secondary N) is 2. The number of amides is 1. The van der Waals surface area contributed by atoms with Crippen LogP contribution in [0.4, 0.5) is 11.6 Å². The molecule has 6 rings (SSSR count). The molecule has 0 spiro atoms. The lowest BCUT2D eigenvalue weighted by molar-refractivity contribution is 0.0980. The zero-order valence-corrected chi connectivity index (χ0v) is 26.0. The van der Waals surface area contributed by atoms with Crippen LogP contribution in [0.15, 0.2) is 35.3 Å². The maximum atomic E-state index is 13.7. The lowest BCUT2D eigenvalue weighted by Gasteiger charge is -2.25. The molecule has 42 heavy (non-hydrogen) atoms. The van der Waals surface area contributed by atoms with Crippen molar-refractivity contribution in [2.75, 3.05) is 29.6 Å². The largest absolute Gasteiger partial charge is 0.377 e. The number of hydrogen-bond donors (Lipinski definition) is 2. The lowest BCUT2D eigenvalue weighted by Crippen LogP contribution is -2.32. The number of hydrogen-bond acceptors (Lipinski definition) is 9. The summed E-state index contributed by atoms with van der Waals surface area (Å²) >= 11 is 7.30. The average molecular weight is 608 g/mol. The van der Waals surface area contributed by atoms with Gasteiger partial charge in [-0.3, -0.25) is 18.9 Å². The second-order valence-corrected chi connectivity index (χ2v) is 12.5. The molecule has 2 aliphatic rings. The monoisotopic (exact) mass is 607 g/mol. The van der Waals surface area contributed by atoms with Crippen LogP contribution in [0.3, 0.4) is 0 Å². The van der Waals surface area contributed by atoms with Gasteiger partial charge in [0, 0.05) is 50.1 Å². The third kappa shape index (κ3) is 5.00. The summed E-state index contributed by atoms with van der Waals surface area (Å²) in [5.41, 5.74) is 4.17. The van der Waals surface area contributed by atoms with E-state index in [9.17, 15) is 9.59 Å². The van der Waals surface area contributed by atoms with Crippen molar-refractivity contribution < 1.29 is 4.79 Å². The molecule has 220 valence electrons. The van der Waals surface area contributed by atoms with Crippen molar-refractivity contribution in [3.63, 3.8) is 0 Å². The zero-order valence-electron chi connectivity index (χ0n) is 24.4. The van der Waals surface area contributed by atoms with Crippen molar-refractivity contribution in [2.24, 2.45) is 18.9 Å². The Morgan fingerprint density at radius 3 is 2.55 bits per heavy atom. The van der Waals surface area contributed by atoms with Crippen LogP contribution in [0.2, 0.25) is 5.15 Å². The van der Waals surface area contributed by atoms with Gasteiger partial charge in [0.25, 0.3) is 11.5 Å². The molecule has 1 aliphatic carbocycles. The molecule has 1 aromatic carbocycles. The molecule has 2 N–H and O–H groups in total. The minimum absolute atomic E-state index is 0.0858. The highest BCUT2D eigenvalue weighted by molar-refractivity contribution is 7.97. The molecule has 4 aromatic rings. The summed E-state index contributed by atoms with van der Waals surface area (Å²) in [4.78, 5) is 37.9. The van der Waals surface area contributed by atoms with Gasteiger partial charge in [0.05, 0.1) is 28.3 Å². The number of halogens is 1. The maximum Gasteiger partial charge on any atom is 0.281 e. The first kappa shape index (κ1) is 28.5. The third-order valence-corrected chi connectivity index (χ3v) is 8.92. The SMILES string of the molecule is CSNC(=O)c1nc(Cl)ccc1NC(C)c1cc(C)cc2c(=O)n(C)c(N3CC4C(C3)C4c3cn(C(C)C)nn3)nc12. The molecule has 3 aromatic heterocycles. The molecule has 1 saturated heterocycles. The minimum atomic E-state index is -0.347. The van der Waals surface area contributed by atoms with Crippen LogP contribution in [0.1, 0.15) is 66.1 Å². The smallest absolute Gasteiger partial charge is 0.281 e. The van der Waals surface area contributed by atoms with Crippen LogP contribution >= 0.6 is 23.5 Å². The Labute approximate surface area is 253 Å². The summed E-state index contributed by atoms with van der Waals surface area (Å²) in [6.45, 7) is 9.77. The molecule has 4 heterocycles. The third-order valence-electron chi connectivity index (χ3n) is 8.32. The lowest BCUT2D eigenvalue weighted by atomic mass is 10.0. The van der Waals surface area contributed by atoms with E-state index in [0.717, 1.165) is 29.9 Å². The maximum absolute atomic E-state index is 13.7. The van der Waals surface area contributed by atoms with E-state index in [-0.39, 0.29) is 34.4 Å². The molecule has 0 bridgehead atoms. The minimum Gasteiger partial charge on any atom is -0.377 e. The van der Waals surface area contributed by atoms with E-state index < -0.39 is 0 Å². The number of aromatic nitrogens is 6. The van der Waals surface area contributed by atoms with Crippen molar-refractivity contribution in [1.82, 2.24) is 34.3 Å². The Kier molecular flexibility index (Phi) is 7.38. The molecule has 3 atom stereocenters. The number of aryl methyl sites for hydroxylation is 1. The van der Waals surface area contributed by atoms with Gasteiger partial charge in [0.1, 0.15) is 5.15 Å². The molecular formula is C29H34ClN9O2S. The summed E-state index contributed by atoms with van der Waals surface area (Å²) in [6.07, 6.45) is 3.83. The fourth-order valence-electron chi connectivity index (χ4n) is 6.15. The number of benzene rings is 1. The summed E-state index contributed by atoms with van der Waals surface area (Å²) < 4.78 is 6.27. The van der Waals surface area contributed by atoms with Crippen molar-refractivity contribution in [3.8, 4) is 0 Å². The van der Waals surface area contributed by atoms with Gasteiger partial charge in [-0.05, 0) is 63.3 Å². The molecule has 2 fully saturated rings. The van der Waals surface area contributed by atoms with Crippen LogP contribution in [0.25, 0.3) is 10.9 Å². The standard InChI is InChI=1S/C29H34ClN9O2S/c1-14(2)39-13-22(34-36-39)24-19-11-38(12-20(19)24)29-33-25-17(9-15(3)10-18(25)28(41)37(29)5)16(4)31-21-7-8-23(30)32-26(21)27(40)35-42-6/h7-10,13-14,16,19-20,24,31H,11-12H2,1-6H3,(H,35,40).